The first-order valence-electron chi connectivity index (χ1n) is 8.91. The number of rotatable bonds is 9. The van der Waals surface area contributed by atoms with Gasteiger partial charge in [-0.25, -0.2) is 0 Å². The first-order chi connectivity index (χ1) is 12.4. The topological polar surface area (TPSA) is 21.3 Å². The van der Waals surface area contributed by atoms with Crippen molar-refractivity contribution in [3.63, 3.8) is 0 Å². The van der Waals surface area contributed by atoms with Crippen LogP contribution in [0.2, 0.25) is 0 Å². The first-order valence-corrected chi connectivity index (χ1v) is 8.91. The molecule has 0 saturated carbocycles. The van der Waals surface area contributed by atoms with Crippen molar-refractivity contribution in [1.82, 2.24) is 5.32 Å². The molecule has 3 aromatic carbocycles. The lowest BCUT2D eigenvalue weighted by atomic mass is 10.1. The standard InChI is InChI=1S/C23H25NO/c1-3-9-20(10-4-1)15-17-24-19-22-13-7-8-14-23(22)25-18-16-21-11-5-2-6-12-21/h1-14,24H,15-19H2. The van der Waals surface area contributed by atoms with Crippen LogP contribution < -0.4 is 10.1 Å². The van der Waals surface area contributed by atoms with Crippen LogP contribution in [0.4, 0.5) is 0 Å². The predicted molar refractivity (Wildman–Crippen MR) is 104 cm³/mol. The molecular formula is C23H25NO. The minimum Gasteiger partial charge on any atom is -0.493 e. The minimum absolute atomic E-state index is 0.699. The van der Waals surface area contributed by atoms with Gasteiger partial charge in [0, 0.05) is 18.5 Å². The molecule has 0 saturated heterocycles. The third-order valence-corrected chi connectivity index (χ3v) is 4.21. The molecule has 0 aliphatic rings. The van der Waals surface area contributed by atoms with Gasteiger partial charge in [0.05, 0.1) is 6.61 Å². The van der Waals surface area contributed by atoms with E-state index in [1.807, 2.05) is 12.1 Å². The van der Waals surface area contributed by atoms with Crippen LogP contribution in [0, 0.1) is 0 Å². The highest BCUT2D eigenvalue weighted by Gasteiger charge is 2.03. The minimum atomic E-state index is 0.699. The Labute approximate surface area is 150 Å². The van der Waals surface area contributed by atoms with Crippen molar-refractivity contribution in [3.8, 4) is 5.75 Å². The summed E-state index contributed by atoms with van der Waals surface area (Å²) in [7, 11) is 0. The van der Waals surface area contributed by atoms with Gasteiger partial charge in [0.2, 0.25) is 0 Å². The number of hydrogen-bond acceptors (Lipinski definition) is 2. The van der Waals surface area contributed by atoms with Crippen LogP contribution >= 0.6 is 0 Å². The number of ether oxygens (including phenoxy) is 1. The number of benzene rings is 3. The monoisotopic (exact) mass is 331 g/mol. The van der Waals surface area contributed by atoms with Crippen molar-refractivity contribution in [2.24, 2.45) is 0 Å². The molecule has 0 fully saturated rings. The van der Waals surface area contributed by atoms with Crippen molar-refractivity contribution in [2.75, 3.05) is 13.2 Å². The second-order valence-electron chi connectivity index (χ2n) is 6.10. The Hall–Kier alpha value is -2.58. The Bertz CT molecular complexity index is 740. The van der Waals surface area contributed by atoms with Crippen LogP contribution in [0.1, 0.15) is 16.7 Å². The molecule has 0 bridgehead atoms. The molecule has 0 aliphatic carbocycles. The van der Waals surface area contributed by atoms with Crippen LogP contribution in [-0.4, -0.2) is 13.2 Å². The van der Waals surface area contributed by atoms with E-state index in [0.29, 0.717) is 6.61 Å². The van der Waals surface area contributed by atoms with Crippen molar-refractivity contribution in [3.05, 3.63) is 102 Å². The van der Waals surface area contributed by atoms with E-state index >= 15 is 0 Å². The molecule has 3 aromatic rings. The molecule has 0 spiro atoms. The van der Waals surface area contributed by atoms with Gasteiger partial charge in [-0.1, -0.05) is 78.9 Å². The van der Waals surface area contributed by atoms with E-state index in [1.165, 1.54) is 16.7 Å². The van der Waals surface area contributed by atoms with Gasteiger partial charge < -0.3 is 10.1 Å². The fourth-order valence-corrected chi connectivity index (χ4v) is 2.81. The zero-order chi connectivity index (χ0) is 17.2. The molecule has 0 unspecified atom stereocenters. The number of nitrogens with one attached hydrogen (secondary N) is 1. The smallest absolute Gasteiger partial charge is 0.123 e. The highest BCUT2D eigenvalue weighted by molar-refractivity contribution is 5.33. The highest BCUT2D eigenvalue weighted by Crippen LogP contribution is 2.18. The second-order valence-corrected chi connectivity index (χ2v) is 6.10. The maximum absolute atomic E-state index is 6.02. The van der Waals surface area contributed by atoms with E-state index < -0.39 is 0 Å². The molecule has 0 radical (unpaired) electrons. The third kappa shape index (κ3) is 5.77. The maximum atomic E-state index is 6.02. The Balaban J connectivity index is 1.45. The van der Waals surface area contributed by atoms with E-state index in [-0.39, 0.29) is 0 Å². The lowest BCUT2D eigenvalue weighted by Gasteiger charge is -2.12. The summed E-state index contributed by atoms with van der Waals surface area (Å²) in [5.41, 5.74) is 3.88. The Morgan fingerprint density at radius 3 is 1.96 bits per heavy atom. The fraction of sp³-hybridized carbons (Fsp3) is 0.217. The molecule has 2 nitrogen and oxygen atoms in total. The van der Waals surface area contributed by atoms with E-state index in [0.717, 1.165) is 31.7 Å². The number of hydrogen-bond donors (Lipinski definition) is 1. The number of para-hydroxylation sites is 1. The lowest BCUT2D eigenvalue weighted by molar-refractivity contribution is 0.317. The molecule has 0 atom stereocenters. The SMILES string of the molecule is c1ccc(CCNCc2ccccc2OCCc2ccccc2)cc1. The van der Waals surface area contributed by atoms with E-state index in [2.05, 4.69) is 78.1 Å². The molecule has 0 aliphatic heterocycles. The molecule has 2 heteroatoms. The quantitative estimate of drug-likeness (QED) is 0.577. The highest BCUT2D eigenvalue weighted by atomic mass is 16.5. The molecular weight excluding hydrogens is 306 g/mol. The van der Waals surface area contributed by atoms with Crippen LogP contribution in [0.15, 0.2) is 84.9 Å². The van der Waals surface area contributed by atoms with Crippen LogP contribution in [0.25, 0.3) is 0 Å². The van der Waals surface area contributed by atoms with Gasteiger partial charge in [0.15, 0.2) is 0 Å². The molecule has 0 amide bonds. The zero-order valence-electron chi connectivity index (χ0n) is 14.5. The van der Waals surface area contributed by atoms with Gasteiger partial charge in [-0.05, 0) is 30.2 Å². The normalized spacial score (nSPS) is 10.6. The summed E-state index contributed by atoms with van der Waals surface area (Å²) in [5, 5.41) is 3.52. The van der Waals surface area contributed by atoms with Crippen molar-refractivity contribution in [1.29, 1.82) is 0 Å². The molecule has 128 valence electrons. The van der Waals surface area contributed by atoms with E-state index in [9.17, 15) is 0 Å². The van der Waals surface area contributed by atoms with Crippen LogP contribution in [-0.2, 0) is 19.4 Å². The summed E-state index contributed by atoms with van der Waals surface area (Å²) < 4.78 is 6.02. The fourth-order valence-electron chi connectivity index (χ4n) is 2.81. The van der Waals surface area contributed by atoms with Gasteiger partial charge >= 0.3 is 0 Å². The molecule has 25 heavy (non-hydrogen) atoms. The van der Waals surface area contributed by atoms with Crippen molar-refractivity contribution < 1.29 is 4.74 Å². The van der Waals surface area contributed by atoms with Crippen LogP contribution in [0.5, 0.6) is 5.75 Å². The average Bonchev–Trinajstić information content (AvgIpc) is 2.68. The first kappa shape index (κ1) is 17.2. The summed E-state index contributed by atoms with van der Waals surface area (Å²) in [5.74, 6) is 0.977. The summed E-state index contributed by atoms with van der Waals surface area (Å²) in [6, 6.07) is 29.3. The van der Waals surface area contributed by atoms with E-state index in [4.69, 9.17) is 4.74 Å². The van der Waals surface area contributed by atoms with Crippen molar-refractivity contribution in [2.45, 2.75) is 19.4 Å². The summed E-state index contributed by atoms with van der Waals surface area (Å²) >= 11 is 0. The molecule has 0 aromatic heterocycles. The van der Waals surface area contributed by atoms with Crippen molar-refractivity contribution >= 4 is 0 Å². The van der Waals surface area contributed by atoms with E-state index in [1.54, 1.807) is 0 Å². The van der Waals surface area contributed by atoms with Gasteiger partial charge in [-0.2, -0.15) is 0 Å². The largest absolute Gasteiger partial charge is 0.493 e. The van der Waals surface area contributed by atoms with Gasteiger partial charge in [0.1, 0.15) is 5.75 Å². The summed E-state index contributed by atoms with van der Waals surface area (Å²) in [4.78, 5) is 0. The Kier molecular flexibility index (Phi) is 6.66. The van der Waals surface area contributed by atoms with Gasteiger partial charge in [0.25, 0.3) is 0 Å². The Morgan fingerprint density at radius 2 is 1.24 bits per heavy atom. The summed E-state index contributed by atoms with van der Waals surface area (Å²) in [6.07, 6.45) is 1.97. The Morgan fingerprint density at radius 1 is 0.640 bits per heavy atom. The average molecular weight is 331 g/mol. The maximum Gasteiger partial charge on any atom is 0.123 e. The molecule has 0 heterocycles. The predicted octanol–water partition coefficient (Wildman–Crippen LogP) is 4.64. The van der Waals surface area contributed by atoms with Gasteiger partial charge in [-0.15, -0.1) is 0 Å². The second kappa shape index (κ2) is 9.65. The third-order valence-electron chi connectivity index (χ3n) is 4.21. The zero-order valence-corrected chi connectivity index (χ0v) is 14.5. The van der Waals surface area contributed by atoms with Crippen LogP contribution in [0.3, 0.4) is 0 Å². The van der Waals surface area contributed by atoms with Gasteiger partial charge in [-0.3, -0.25) is 0 Å². The molecule has 1 N–H and O–H groups in total. The lowest BCUT2D eigenvalue weighted by Crippen LogP contribution is -2.17. The summed E-state index contributed by atoms with van der Waals surface area (Å²) in [6.45, 7) is 2.49. The molecule has 3 rings (SSSR count).